The van der Waals surface area contributed by atoms with Crippen LogP contribution in [0.5, 0.6) is 5.88 Å². The standard InChI is InChI=1S/C23H24N2O.CH2O/c1-4-7-21-19(5-2)20-12-10-16(14-22(20)25(21)3)17-11-13-23(24-15-17)26-18-8-6-9-18;1-2/h4-5,7,10-15,18H,2,6,8-9H2,1,3H3;1H2/b7-4-;. The van der Waals surface area contributed by atoms with E-state index in [9.17, 15) is 0 Å². The molecular weight excluding hydrogens is 348 g/mol. The number of hydrogen-bond donors (Lipinski definition) is 0. The first kappa shape index (κ1) is 19.6. The van der Waals surface area contributed by atoms with Gasteiger partial charge in [-0.15, -0.1) is 0 Å². The molecule has 0 N–H and O–H groups in total. The number of fused-ring (bicyclic) bond motifs is 1. The van der Waals surface area contributed by atoms with Crippen LogP contribution in [0.2, 0.25) is 0 Å². The van der Waals surface area contributed by atoms with Crippen molar-refractivity contribution in [1.29, 1.82) is 0 Å². The summed E-state index contributed by atoms with van der Waals surface area (Å²) < 4.78 is 8.08. The fraction of sp³-hybridized carbons (Fsp3) is 0.250. The van der Waals surface area contributed by atoms with Crippen molar-refractivity contribution in [2.24, 2.45) is 7.05 Å². The molecule has 1 aliphatic rings. The minimum atomic E-state index is 0.357. The van der Waals surface area contributed by atoms with Crippen LogP contribution in [0.25, 0.3) is 34.2 Å². The zero-order chi connectivity index (χ0) is 20.1. The number of pyridine rings is 1. The molecule has 2 heterocycles. The number of ether oxygens (including phenoxy) is 1. The smallest absolute Gasteiger partial charge is 0.213 e. The van der Waals surface area contributed by atoms with Crippen LogP contribution in [0.3, 0.4) is 0 Å². The molecule has 0 unspecified atom stereocenters. The summed E-state index contributed by atoms with van der Waals surface area (Å²) in [6, 6.07) is 10.6. The lowest BCUT2D eigenvalue weighted by molar-refractivity contribution is -0.0979. The molecule has 0 spiro atoms. The van der Waals surface area contributed by atoms with Gasteiger partial charge in [-0.1, -0.05) is 30.9 Å². The summed E-state index contributed by atoms with van der Waals surface area (Å²) in [5.41, 5.74) is 5.80. The molecule has 1 saturated carbocycles. The molecule has 144 valence electrons. The molecule has 4 heteroatoms. The fourth-order valence-electron chi connectivity index (χ4n) is 3.52. The van der Waals surface area contributed by atoms with Crippen LogP contribution < -0.4 is 4.74 Å². The van der Waals surface area contributed by atoms with Crippen molar-refractivity contribution in [3.8, 4) is 17.0 Å². The van der Waals surface area contributed by atoms with Gasteiger partial charge in [0.15, 0.2) is 0 Å². The number of nitrogens with zero attached hydrogens (tertiary/aromatic N) is 2. The van der Waals surface area contributed by atoms with E-state index in [1.807, 2.05) is 32.1 Å². The van der Waals surface area contributed by atoms with Crippen LogP contribution in [-0.2, 0) is 11.8 Å². The van der Waals surface area contributed by atoms with Crippen molar-refractivity contribution in [3.05, 3.63) is 60.4 Å². The molecule has 0 atom stereocenters. The number of carbonyl (C=O) groups is 1. The summed E-state index contributed by atoms with van der Waals surface area (Å²) in [6.45, 7) is 8.03. The maximum atomic E-state index is 8.00. The lowest BCUT2D eigenvalue weighted by atomic mass is 9.96. The Kier molecular flexibility index (Phi) is 6.09. The van der Waals surface area contributed by atoms with Gasteiger partial charge in [-0.2, -0.15) is 0 Å². The maximum absolute atomic E-state index is 8.00. The Morgan fingerprint density at radius 1 is 1.18 bits per heavy atom. The highest BCUT2D eigenvalue weighted by atomic mass is 16.5. The number of aryl methyl sites for hydroxylation is 1. The minimum absolute atomic E-state index is 0.357. The van der Waals surface area contributed by atoms with Gasteiger partial charge in [-0.05, 0) is 50.0 Å². The molecule has 1 aromatic carbocycles. The Hall–Kier alpha value is -3.14. The molecule has 4 rings (SSSR count). The number of allylic oxidation sites excluding steroid dienone is 1. The average Bonchev–Trinajstić information content (AvgIpc) is 2.98. The predicted octanol–water partition coefficient (Wildman–Crippen LogP) is 5.66. The molecule has 1 aliphatic carbocycles. The Morgan fingerprint density at radius 2 is 1.93 bits per heavy atom. The van der Waals surface area contributed by atoms with Gasteiger partial charge < -0.3 is 14.1 Å². The summed E-state index contributed by atoms with van der Waals surface area (Å²) in [5.74, 6) is 0.725. The highest BCUT2D eigenvalue weighted by molar-refractivity contribution is 5.96. The molecule has 0 aliphatic heterocycles. The quantitative estimate of drug-likeness (QED) is 0.578. The van der Waals surface area contributed by atoms with Crippen LogP contribution in [0.1, 0.15) is 37.4 Å². The number of aromatic nitrogens is 2. The SMILES string of the molecule is C=Cc1c(/C=C\C)n(C)c2cc(-c3ccc(OC4CCC4)nc3)ccc12.C=O. The van der Waals surface area contributed by atoms with E-state index in [4.69, 9.17) is 9.53 Å². The Balaban J connectivity index is 0.00000109. The van der Waals surface area contributed by atoms with E-state index in [1.54, 1.807) is 0 Å². The largest absolute Gasteiger partial charge is 0.474 e. The zero-order valence-electron chi connectivity index (χ0n) is 16.5. The third-order valence-electron chi connectivity index (χ3n) is 5.22. The number of hydrogen-bond acceptors (Lipinski definition) is 3. The van der Waals surface area contributed by atoms with Crippen molar-refractivity contribution in [2.75, 3.05) is 0 Å². The van der Waals surface area contributed by atoms with E-state index in [0.29, 0.717) is 6.10 Å². The molecule has 0 radical (unpaired) electrons. The van der Waals surface area contributed by atoms with Crippen LogP contribution in [0.4, 0.5) is 0 Å². The topological polar surface area (TPSA) is 44.1 Å². The van der Waals surface area contributed by atoms with Gasteiger partial charge in [0.2, 0.25) is 5.88 Å². The molecule has 28 heavy (non-hydrogen) atoms. The Labute approximate surface area is 166 Å². The first-order chi connectivity index (χ1) is 13.7. The highest BCUT2D eigenvalue weighted by Crippen LogP contribution is 2.32. The van der Waals surface area contributed by atoms with E-state index in [0.717, 1.165) is 29.8 Å². The van der Waals surface area contributed by atoms with E-state index in [1.165, 1.54) is 28.6 Å². The first-order valence-corrected chi connectivity index (χ1v) is 9.50. The van der Waals surface area contributed by atoms with Crippen molar-refractivity contribution in [2.45, 2.75) is 32.3 Å². The third-order valence-corrected chi connectivity index (χ3v) is 5.22. The van der Waals surface area contributed by atoms with Gasteiger partial charge in [0.1, 0.15) is 12.9 Å². The van der Waals surface area contributed by atoms with Gasteiger partial charge in [0, 0.05) is 47.0 Å². The lowest BCUT2D eigenvalue weighted by Crippen LogP contribution is -2.24. The van der Waals surface area contributed by atoms with Gasteiger partial charge in [-0.25, -0.2) is 4.98 Å². The van der Waals surface area contributed by atoms with Crippen molar-refractivity contribution in [1.82, 2.24) is 9.55 Å². The summed E-state index contributed by atoms with van der Waals surface area (Å²) in [7, 11) is 2.10. The second kappa shape index (κ2) is 8.70. The van der Waals surface area contributed by atoms with Crippen LogP contribution >= 0.6 is 0 Å². The van der Waals surface area contributed by atoms with Crippen molar-refractivity contribution < 1.29 is 9.53 Å². The second-order valence-electron chi connectivity index (χ2n) is 6.85. The molecular formula is C24H26N2O2. The fourth-order valence-corrected chi connectivity index (χ4v) is 3.52. The minimum Gasteiger partial charge on any atom is -0.474 e. The zero-order valence-corrected chi connectivity index (χ0v) is 16.5. The molecule has 1 fully saturated rings. The highest BCUT2D eigenvalue weighted by Gasteiger charge is 2.19. The number of carbonyl (C=O) groups excluding carboxylic acids is 1. The number of benzene rings is 1. The average molecular weight is 374 g/mol. The van der Waals surface area contributed by atoms with Gasteiger partial charge in [0.25, 0.3) is 0 Å². The summed E-state index contributed by atoms with van der Waals surface area (Å²) in [4.78, 5) is 12.5. The molecule has 2 aromatic heterocycles. The second-order valence-corrected chi connectivity index (χ2v) is 6.85. The van der Waals surface area contributed by atoms with E-state index in [2.05, 4.69) is 59.6 Å². The monoisotopic (exact) mass is 374 g/mol. The van der Waals surface area contributed by atoms with E-state index >= 15 is 0 Å². The number of rotatable bonds is 5. The van der Waals surface area contributed by atoms with Crippen molar-refractivity contribution in [3.63, 3.8) is 0 Å². The van der Waals surface area contributed by atoms with Crippen LogP contribution in [0, 0.1) is 0 Å². The summed E-state index contributed by atoms with van der Waals surface area (Å²) in [5, 5.41) is 1.22. The van der Waals surface area contributed by atoms with Crippen molar-refractivity contribution >= 4 is 29.8 Å². The molecule has 0 bridgehead atoms. The normalized spacial score (nSPS) is 13.8. The van der Waals surface area contributed by atoms with Gasteiger partial charge in [-0.3, -0.25) is 0 Å². The predicted molar refractivity (Wildman–Crippen MR) is 116 cm³/mol. The first-order valence-electron chi connectivity index (χ1n) is 9.50. The molecule has 0 saturated heterocycles. The molecule has 0 amide bonds. The van der Waals surface area contributed by atoms with Gasteiger partial charge >= 0.3 is 0 Å². The van der Waals surface area contributed by atoms with E-state index in [-0.39, 0.29) is 0 Å². The third kappa shape index (κ3) is 3.63. The molecule has 4 nitrogen and oxygen atoms in total. The Bertz CT molecular complexity index is 996. The maximum Gasteiger partial charge on any atom is 0.213 e. The lowest BCUT2D eigenvalue weighted by Gasteiger charge is -2.25. The summed E-state index contributed by atoms with van der Waals surface area (Å²) >= 11 is 0. The van der Waals surface area contributed by atoms with Crippen LogP contribution in [-0.4, -0.2) is 22.4 Å². The van der Waals surface area contributed by atoms with Gasteiger partial charge in [0.05, 0.1) is 0 Å². The van der Waals surface area contributed by atoms with Crippen LogP contribution in [0.15, 0.2) is 49.2 Å². The summed E-state index contributed by atoms with van der Waals surface area (Å²) in [6.07, 6.45) is 11.9. The Morgan fingerprint density at radius 3 is 2.50 bits per heavy atom. The molecule has 3 aromatic rings. The van der Waals surface area contributed by atoms with E-state index < -0.39 is 0 Å².